The van der Waals surface area contributed by atoms with Gasteiger partial charge in [0.05, 0.1) is 6.10 Å². The topological polar surface area (TPSA) is 32.3 Å². The maximum absolute atomic E-state index is 9.72. The van der Waals surface area contributed by atoms with Crippen LogP contribution in [0.2, 0.25) is 0 Å². The van der Waals surface area contributed by atoms with Gasteiger partial charge >= 0.3 is 0 Å². The van der Waals surface area contributed by atoms with Crippen LogP contribution in [0.25, 0.3) is 0 Å². The number of nitrogens with one attached hydrogen (secondary N) is 1. The normalized spacial score (nSPS) is 12.8. The van der Waals surface area contributed by atoms with Crippen molar-refractivity contribution in [3.63, 3.8) is 0 Å². The molecule has 13 heavy (non-hydrogen) atoms. The summed E-state index contributed by atoms with van der Waals surface area (Å²) in [5, 5.41) is 12.8. The van der Waals surface area contributed by atoms with Crippen molar-refractivity contribution in [2.45, 2.75) is 18.9 Å². The second kappa shape index (κ2) is 5.73. The summed E-state index contributed by atoms with van der Waals surface area (Å²) in [6, 6.07) is 9.80. The van der Waals surface area contributed by atoms with Crippen LogP contribution in [-0.2, 0) is 0 Å². The molecule has 2 heteroatoms. The van der Waals surface area contributed by atoms with Crippen LogP contribution >= 0.6 is 0 Å². The van der Waals surface area contributed by atoms with E-state index >= 15 is 0 Å². The molecule has 1 unspecified atom stereocenters. The minimum Gasteiger partial charge on any atom is -0.388 e. The average Bonchev–Trinajstić information content (AvgIpc) is 2.19. The standard InChI is InChI=1S/C11H17NO/c1-12-9-5-8-11(13)10-6-3-2-4-7-10/h2-4,6-7,11-13H,5,8-9H2,1H3. The number of rotatable bonds is 5. The molecule has 0 heterocycles. The number of hydrogen-bond donors (Lipinski definition) is 2. The lowest BCUT2D eigenvalue weighted by atomic mass is 10.1. The zero-order chi connectivity index (χ0) is 9.52. The molecule has 2 N–H and O–H groups in total. The summed E-state index contributed by atoms with van der Waals surface area (Å²) in [5.41, 5.74) is 1.01. The van der Waals surface area contributed by atoms with E-state index in [2.05, 4.69) is 5.32 Å². The minimum atomic E-state index is -0.311. The lowest BCUT2D eigenvalue weighted by molar-refractivity contribution is 0.164. The zero-order valence-electron chi connectivity index (χ0n) is 8.03. The van der Waals surface area contributed by atoms with E-state index in [0.717, 1.165) is 24.9 Å². The van der Waals surface area contributed by atoms with Gasteiger partial charge in [-0.1, -0.05) is 30.3 Å². The van der Waals surface area contributed by atoms with Crippen molar-refractivity contribution in [3.8, 4) is 0 Å². The third-order valence-electron chi connectivity index (χ3n) is 2.09. The summed E-state index contributed by atoms with van der Waals surface area (Å²) in [7, 11) is 1.93. The number of hydrogen-bond acceptors (Lipinski definition) is 2. The summed E-state index contributed by atoms with van der Waals surface area (Å²) in [5.74, 6) is 0. The highest BCUT2D eigenvalue weighted by Crippen LogP contribution is 2.16. The molecule has 0 aliphatic carbocycles. The van der Waals surface area contributed by atoms with E-state index in [0.29, 0.717) is 0 Å². The second-order valence-corrected chi connectivity index (χ2v) is 3.17. The SMILES string of the molecule is CNCCCC(O)c1ccccc1. The van der Waals surface area contributed by atoms with Crippen molar-refractivity contribution >= 4 is 0 Å². The van der Waals surface area contributed by atoms with Crippen LogP contribution in [0.5, 0.6) is 0 Å². The molecule has 0 aliphatic heterocycles. The Morgan fingerprint density at radius 3 is 2.62 bits per heavy atom. The van der Waals surface area contributed by atoms with Crippen LogP contribution in [-0.4, -0.2) is 18.7 Å². The Hall–Kier alpha value is -0.860. The van der Waals surface area contributed by atoms with Gasteiger partial charge in [0.2, 0.25) is 0 Å². The van der Waals surface area contributed by atoms with E-state index in [1.165, 1.54) is 0 Å². The number of benzene rings is 1. The predicted octanol–water partition coefficient (Wildman–Crippen LogP) is 1.72. The van der Waals surface area contributed by atoms with E-state index in [-0.39, 0.29) is 6.10 Å². The van der Waals surface area contributed by atoms with Crippen LogP contribution in [0.1, 0.15) is 24.5 Å². The molecule has 1 aromatic carbocycles. The largest absolute Gasteiger partial charge is 0.388 e. The van der Waals surface area contributed by atoms with Crippen LogP contribution in [0.4, 0.5) is 0 Å². The van der Waals surface area contributed by atoms with Gasteiger partial charge in [0.25, 0.3) is 0 Å². The molecule has 1 rings (SSSR count). The van der Waals surface area contributed by atoms with Crippen molar-refractivity contribution in [3.05, 3.63) is 35.9 Å². The lowest BCUT2D eigenvalue weighted by Gasteiger charge is -2.09. The quantitative estimate of drug-likeness (QED) is 0.674. The molecule has 0 bridgehead atoms. The summed E-state index contributed by atoms with van der Waals surface area (Å²) in [4.78, 5) is 0. The molecule has 0 radical (unpaired) electrons. The van der Waals surface area contributed by atoms with Gasteiger partial charge < -0.3 is 10.4 Å². The van der Waals surface area contributed by atoms with Crippen molar-refractivity contribution in [1.82, 2.24) is 5.32 Å². The Balaban J connectivity index is 2.35. The van der Waals surface area contributed by atoms with Crippen LogP contribution in [0.15, 0.2) is 30.3 Å². The molecule has 0 saturated heterocycles. The van der Waals surface area contributed by atoms with Gasteiger partial charge in [-0.2, -0.15) is 0 Å². The lowest BCUT2D eigenvalue weighted by Crippen LogP contribution is -2.09. The Bertz CT molecular complexity index is 223. The first-order valence-corrected chi connectivity index (χ1v) is 4.72. The molecule has 0 spiro atoms. The fraction of sp³-hybridized carbons (Fsp3) is 0.455. The van der Waals surface area contributed by atoms with Crippen molar-refractivity contribution in [2.75, 3.05) is 13.6 Å². The van der Waals surface area contributed by atoms with Crippen LogP contribution in [0, 0.1) is 0 Å². The molecule has 0 aromatic heterocycles. The molecule has 72 valence electrons. The van der Waals surface area contributed by atoms with Gasteiger partial charge in [-0.25, -0.2) is 0 Å². The van der Waals surface area contributed by atoms with Crippen molar-refractivity contribution in [1.29, 1.82) is 0 Å². The Kier molecular flexibility index (Phi) is 4.50. The summed E-state index contributed by atoms with van der Waals surface area (Å²) >= 11 is 0. The Morgan fingerprint density at radius 1 is 1.31 bits per heavy atom. The monoisotopic (exact) mass is 179 g/mol. The van der Waals surface area contributed by atoms with Gasteiger partial charge in [-0.05, 0) is 32.0 Å². The fourth-order valence-electron chi connectivity index (χ4n) is 1.31. The number of aliphatic hydroxyl groups is 1. The summed E-state index contributed by atoms with van der Waals surface area (Å²) in [6.07, 6.45) is 1.52. The predicted molar refractivity (Wildman–Crippen MR) is 54.6 cm³/mol. The molecule has 0 amide bonds. The Labute approximate surface area is 79.6 Å². The average molecular weight is 179 g/mol. The van der Waals surface area contributed by atoms with Gasteiger partial charge in [-0.3, -0.25) is 0 Å². The summed E-state index contributed by atoms with van der Waals surface area (Å²) < 4.78 is 0. The van der Waals surface area contributed by atoms with Crippen molar-refractivity contribution in [2.24, 2.45) is 0 Å². The highest BCUT2D eigenvalue weighted by Gasteiger charge is 2.04. The highest BCUT2D eigenvalue weighted by molar-refractivity contribution is 5.16. The molecule has 2 nitrogen and oxygen atoms in total. The third-order valence-corrected chi connectivity index (χ3v) is 2.09. The second-order valence-electron chi connectivity index (χ2n) is 3.17. The summed E-state index contributed by atoms with van der Waals surface area (Å²) in [6.45, 7) is 0.962. The Morgan fingerprint density at radius 2 is 2.00 bits per heavy atom. The molecular formula is C11H17NO. The molecule has 1 aromatic rings. The molecule has 1 atom stereocenters. The van der Waals surface area contributed by atoms with E-state index in [1.54, 1.807) is 0 Å². The van der Waals surface area contributed by atoms with Crippen LogP contribution < -0.4 is 5.32 Å². The van der Waals surface area contributed by atoms with Gasteiger partial charge in [-0.15, -0.1) is 0 Å². The van der Waals surface area contributed by atoms with Crippen LogP contribution in [0.3, 0.4) is 0 Å². The molecule has 0 saturated carbocycles. The number of aliphatic hydroxyl groups excluding tert-OH is 1. The minimum absolute atomic E-state index is 0.311. The van der Waals surface area contributed by atoms with E-state index < -0.39 is 0 Å². The van der Waals surface area contributed by atoms with E-state index in [4.69, 9.17) is 0 Å². The maximum atomic E-state index is 9.72. The molecule has 0 fully saturated rings. The molecular weight excluding hydrogens is 162 g/mol. The smallest absolute Gasteiger partial charge is 0.0790 e. The maximum Gasteiger partial charge on any atom is 0.0790 e. The fourth-order valence-corrected chi connectivity index (χ4v) is 1.31. The van der Waals surface area contributed by atoms with Gasteiger partial charge in [0.15, 0.2) is 0 Å². The highest BCUT2D eigenvalue weighted by atomic mass is 16.3. The first kappa shape index (κ1) is 10.2. The zero-order valence-corrected chi connectivity index (χ0v) is 8.03. The first-order chi connectivity index (χ1) is 6.34. The van der Waals surface area contributed by atoms with E-state index in [9.17, 15) is 5.11 Å². The first-order valence-electron chi connectivity index (χ1n) is 4.72. The van der Waals surface area contributed by atoms with Gasteiger partial charge in [0.1, 0.15) is 0 Å². The molecule has 0 aliphatic rings. The third kappa shape index (κ3) is 3.57. The van der Waals surface area contributed by atoms with E-state index in [1.807, 2.05) is 37.4 Å². The van der Waals surface area contributed by atoms with Gasteiger partial charge in [0, 0.05) is 0 Å². The van der Waals surface area contributed by atoms with Crippen molar-refractivity contribution < 1.29 is 5.11 Å².